The molecule has 0 spiro atoms. The number of rotatable bonds is 6. The molecule has 2 N–H and O–H groups in total. The highest BCUT2D eigenvalue weighted by atomic mass is 32.2. The Bertz CT molecular complexity index is 1170. The van der Waals surface area contributed by atoms with Crippen LogP contribution >= 0.6 is 0 Å². The number of fused-ring (bicyclic) bond motifs is 1. The lowest BCUT2D eigenvalue weighted by molar-refractivity contribution is -0.117. The first-order valence-electron chi connectivity index (χ1n) is 9.19. The van der Waals surface area contributed by atoms with E-state index >= 15 is 0 Å². The van der Waals surface area contributed by atoms with Crippen molar-refractivity contribution >= 4 is 32.2 Å². The highest BCUT2D eigenvalue weighted by Gasteiger charge is 2.19. The third-order valence-corrected chi connectivity index (χ3v) is 6.66. The number of aromatic hydroxyl groups is 1. The molecule has 1 atom stereocenters. The Morgan fingerprint density at radius 2 is 1.76 bits per heavy atom. The summed E-state index contributed by atoms with van der Waals surface area (Å²) in [4.78, 5) is 12.8. The highest BCUT2D eigenvalue weighted by Crippen LogP contribution is 2.30. The molecular weight excluding hydrogens is 390 g/mol. The predicted molar refractivity (Wildman–Crippen MR) is 113 cm³/mol. The van der Waals surface area contributed by atoms with Crippen molar-refractivity contribution in [3.8, 4) is 11.5 Å². The first-order chi connectivity index (χ1) is 13.7. The molecule has 6 nitrogen and oxygen atoms in total. The first-order valence-corrected chi connectivity index (χ1v) is 10.8. The van der Waals surface area contributed by atoms with Crippen molar-refractivity contribution in [3.63, 3.8) is 0 Å². The highest BCUT2D eigenvalue weighted by molar-refractivity contribution is 7.91. The Morgan fingerprint density at radius 3 is 2.45 bits per heavy atom. The minimum atomic E-state index is -3.45. The normalized spacial score (nSPS) is 12.5. The Balaban J connectivity index is 1.86. The second-order valence-electron chi connectivity index (χ2n) is 6.77. The largest absolute Gasteiger partial charge is 0.506 e. The molecule has 0 aromatic heterocycles. The number of methoxy groups -OCH3 is 1. The Kier molecular flexibility index (Phi) is 5.79. The minimum Gasteiger partial charge on any atom is -0.506 e. The summed E-state index contributed by atoms with van der Waals surface area (Å²) in [6.07, 6.45) is 0. The van der Waals surface area contributed by atoms with Gasteiger partial charge in [0.15, 0.2) is 9.84 Å². The van der Waals surface area contributed by atoms with Gasteiger partial charge in [0.2, 0.25) is 5.91 Å². The van der Waals surface area contributed by atoms with Crippen LogP contribution < -0.4 is 10.1 Å². The number of nitrogens with one attached hydrogen (secondary N) is 1. The molecule has 152 valence electrons. The molecule has 3 rings (SSSR count). The number of phenols is 1. The van der Waals surface area contributed by atoms with E-state index in [4.69, 9.17) is 4.74 Å². The van der Waals surface area contributed by atoms with Crippen molar-refractivity contribution in [2.24, 2.45) is 0 Å². The fourth-order valence-electron chi connectivity index (χ4n) is 3.01. The molecule has 0 saturated carbocycles. The number of carbonyl (C=O) groups excluding carboxylic acids is 1. The predicted octanol–water partition coefficient (Wildman–Crippen LogP) is 4.09. The molecule has 0 aliphatic carbocycles. The van der Waals surface area contributed by atoms with Gasteiger partial charge in [-0.2, -0.15) is 0 Å². The standard InChI is InChI=1S/C22H23NO5S/c1-4-29(26,27)19-9-10-21(24)20(13-19)23-22(25)14(2)15-5-6-17-12-18(28-3)8-7-16(17)11-15/h5-14,24H,4H2,1-3H3,(H,23,25)/t14-/m0/s1. The summed E-state index contributed by atoms with van der Waals surface area (Å²) in [5.74, 6) is -0.352. The molecule has 0 radical (unpaired) electrons. The van der Waals surface area contributed by atoms with Crippen LogP contribution in [-0.2, 0) is 14.6 Å². The summed E-state index contributed by atoms with van der Waals surface area (Å²) in [7, 11) is -1.84. The van der Waals surface area contributed by atoms with Gasteiger partial charge in [-0.25, -0.2) is 8.42 Å². The molecule has 29 heavy (non-hydrogen) atoms. The SMILES string of the molecule is CCS(=O)(=O)c1ccc(O)c(NC(=O)[C@@H](C)c2ccc3cc(OC)ccc3c2)c1. The van der Waals surface area contributed by atoms with Gasteiger partial charge in [0.25, 0.3) is 0 Å². The van der Waals surface area contributed by atoms with E-state index < -0.39 is 15.8 Å². The maximum Gasteiger partial charge on any atom is 0.231 e. The fourth-order valence-corrected chi connectivity index (χ4v) is 3.91. The molecule has 0 heterocycles. The number of amides is 1. The molecule has 0 saturated heterocycles. The van der Waals surface area contributed by atoms with E-state index in [0.717, 1.165) is 22.1 Å². The number of carbonyl (C=O) groups is 1. The van der Waals surface area contributed by atoms with Crippen LogP contribution in [0.15, 0.2) is 59.5 Å². The summed E-state index contributed by atoms with van der Waals surface area (Å²) in [6.45, 7) is 3.29. The lowest BCUT2D eigenvalue weighted by atomic mass is 9.97. The van der Waals surface area contributed by atoms with Gasteiger partial charge in [-0.1, -0.05) is 31.2 Å². The molecule has 1 amide bonds. The van der Waals surface area contributed by atoms with Gasteiger partial charge in [0, 0.05) is 0 Å². The second kappa shape index (κ2) is 8.13. The Morgan fingerprint density at radius 1 is 1.07 bits per heavy atom. The topological polar surface area (TPSA) is 92.7 Å². The first kappa shape index (κ1) is 20.7. The van der Waals surface area contributed by atoms with Crippen LogP contribution in [-0.4, -0.2) is 32.3 Å². The van der Waals surface area contributed by atoms with Gasteiger partial charge < -0.3 is 15.2 Å². The van der Waals surface area contributed by atoms with Gasteiger partial charge in [0.1, 0.15) is 11.5 Å². The maximum absolute atomic E-state index is 12.7. The van der Waals surface area contributed by atoms with Crippen molar-refractivity contribution in [2.45, 2.75) is 24.7 Å². The zero-order valence-electron chi connectivity index (χ0n) is 16.5. The van der Waals surface area contributed by atoms with Crippen LogP contribution in [0.1, 0.15) is 25.3 Å². The van der Waals surface area contributed by atoms with E-state index in [1.165, 1.54) is 25.1 Å². The van der Waals surface area contributed by atoms with Gasteiger partial charge in [-0.15, -0.1) is 0 Å². The Labute approximate surface area is 170 Å². The molecule has 0 aliphatic rings. The summed E-state index contributed by atoms with van der Waals surface area (Å²) >= 11 is 0. The van der Waals surface area contributed by atoms with Gasteiger partial charge in [-0.3, -0.25) is 4.79 Å². The van der Waals surface area contributed by atoms with Crippen LogP contribution in [0.3, 0.4) is 0 Å². The van der Waals surface area contributed by atoms with E-state index in [0.29, 0.717) is 0 Å². The fraction of sp³-hybridized carbons (Fsp3) is 0.227. The van der Waals surface area contributed by atoms with Crippen molar-refractivity contribution < 1.29 is 23.1 Å². The van der Waals surface area contributed by atoms with Crippen molar-refractivity contribution in [1.29, 1.82) is 0 Å². The average molecular weight is 413 g/mol. The number of anilines is 1. The second-order valence-corrected chi connectivity index (χ2v) is 9.04. The van der Waals surface area contributed by atoms with E-state index in [-0.39, 0.29) is 28.0 Å². The zero-order valence-corrected chi connectivity index (χ0v) is 17.3. The Hall–Kier alpha value is -3.06. The van der Waals surface area contributed by atoms with Gasteiger partial charge in [0.05, 0.1) is 29.4 Å². The quantitative estimate of drug-likeness (QED) is 0.594. The zero-order chi connectivity index (χ0) is 21.2. The molecule has 3 aromatic carbocycles. The van der Waals surface area contributed by atoms with Gasteiger partial charge in [-0.05, 0) is 53.6 Å². The average Bonchev–Trinajstić information content (AvgIpc) is 2.73. The number of phenolic OH excluding ortho intramolecular Hbond substituents is 1. The molecule has 0 aliphatic heterocycles. The third-order valence-electron chi connectivity index (χ3n) is 4.93. The lowest BCUT2D eigenvalue weighted by Crippen LogP contribution is -2.19. The minimum absolute atomic E-state index is 0.0559. The lowest BCUT2D eigenvalue weighted by Gasteiger charge is -2.15. The molecule has 0 fully saturated rings. The van der Waals surface area contributed by atoms with E-state index in [2.05, 4.69) is 5.32 Å². The number of hydrogen-bond donors (Lipinski definition) is 2. The molecular formula is C22H23NO5S. The van der Waals surface area contributed by atoms with E-state index in [9.17, 15) is 18.3 Å². The number of sulfone groups is 1. The number of ether oxygens (including phenoxy) is 1. The van der Waals surface area contributed by atoms with Crippen molar-refractivity contribution in [2.75, 3.05) is 18.2 Å². The third kappa shape index (κ3) is 4.35. The van der Waals surface area contributed by atoms with Crippen LogP contribution in [0.2, 0.25) is 0 Å². The van der Waals surface area contributed by atoms with E-state index in [1.807, 2.05) is 36.4 Å². The molecule has 3 aromatic rings. The van der Waals surface area contributed by atoms with Crippen molar-refractivity contribution in [3.05, 3.63) is 60.2 Å². The van der Waals surface area contributed by atoms with Crippen LogP contribution in [0, 0.1) is 0 Å². The monoisotopic (exact) mass is 413 g/mol. The smallest absolute Gasteiger partial charge is 0.231 e. The summed E-state index contributed by atoms with van der Waals surface area (Å²) in [5, 5.41) is 14.7. The summed E-state index contributed by atoms with van der Waals surface area (Å²) in [5.41, 5.74) is 0.874. The van der Waals surface area contributed by atoms with Crippen molar-refractivity contribution in [1.82, 2.24) is 0 Å². The van der Waals surface area contributed by atoms with E-state index in [1.54, 1.807) is 14.0 Å². The molecule has 7 heteroatoms. The van der Waals surface area contributed by atoms with Crippen LogP contribution in [0.4, 0.5) is 5.69 Å². The molecule has 0 bridgehead atoms. The molecule has 0 unspecified atom stereocenters. The number of hydrogen-bond acceptors (Lipinski definition) is 5. The number of benzene rings is 3. The summed E-state index contributed by atoms with van der Waals surface area (Å²) < 4.78 is 29.4. The van der Waals surface area contributed by atoms with Crippen LogP contribution in [0.25, 0.3) is 10.8 Å². The van der Waals surface area contributed by atoms with Gasteiger partial charge >= 0.3 is 0 Å². The summed E-state index contributed by atoms with van der Waals surface area (Å²) in [6, 6.07) is 15.3. The maximum atomic E-state index is 12.7. The van der Waals surface area contributed by atoms with Crippen LogP contribution in [0.5, 0.6) is 11.5 Å².